The van der Waals surface area contributed by atoms with Crippen molar-refractivity contribution in [1.82, 2.24) is 10.2 Å². The fourth-order valence-electron chi connectivity index (χ4n) is 2.52. The Hall–Kier alpha value is -2.30. The van der Waals surface area contributed by atoms with Crippen LogP contribution in [0.3, 0.4) is 0 Å². The van der Waals surface area contributed by atoms with Gasteiger partial charge in [0.15, 0.2) is 5.76 Å². The molecule has 0 saturated heterocycles. The third-order valence-electron chi connectivity index (χ3n) is 3.68. The number of benzene rings is 2. The summed E-state index contributed by atoms with van der Waals surface area (Å²) in [5, 5.41) is 4.31. The summed E-state index contributed by atoms with van der Waals surface area (Å²) in [5.41, 5.74) is 2.94. The lowest BCUT2D eigenvalue weighted by Gasteiger charge is -2.10. The Balaban J connectivity index is 1.63. The van der Waals surface area contributed by atoms with E-state index in [0.717, 1.165) is 17.5 Å². The highest BCUT2D eigenvalue weighted by Gasteiger charge is 2.12. The minimum Gasteiger partial charge on any atom is -0.451 e. The van der Waals surface area contributed by atoms with Gasteiger partial charge in [0, 0.05) is 23.5 Å². The first-order valence-electron chi connectivity index (χ1n) is 7.71. The van der Waals surface area contributed by atoms with Crippen LogP contribution in [0.5, 0.6) is 0 Å². The van der Waals surface area contributed by atoms with Crippen molar-refractivity contribution in [3.63, 3.8) is 0 Å². The molecule has 0 bridgehead atoms. The molecule has 0 fully saturated rings. The quantitative estimate of drug-likeness (QED) is 0.760. The van der Waals surface area contributed by atoms with Crippen LogP contribution in [0.25, 0.3) is 11.0 Å². The van der Waals surface area contributed by atoms with Crippen LogP contribution in [0.15, 0.2) is 52.9 Å². The zero-order valence-electron chi connectivity index (χ0n) is 13.7. The van der Waals surface area contributed by atoms with Crippen LogP contribution in [0.4, 0.5) is 0 Å². The largest absolute Gasteiger partial charge is 0.451 e. The predicted octanol–water partition coefficient (Wildman–Crippen LogP) is 4.08. The van der Waals surface area contributed by atoms with E-state index < -0.39 is 0 Å². The van der Waals surface area contributed by atoms with Gasteiger partial charge >= 0.3 is 0 Å². The molecule has 0 unspecified atom stereocenters. The van der Waals surface area contributed by atoms with Gasteiger partial charge in [-0.15, -0.1) is 0 Å². The number of carbonyl (C=O) groups excluding carboxylic acids is 1. The van der Waals surface area contributed by atoms with Gasteiger partial charge in [0.05, 0.1) is 0 Å². The molecule has 24 heavy (non-hydrogen) atoms. The number of nitrogens with zero attached hydrogens (tertiary/aromatic N) is 1. The highest BCUT2D eigenvalue weighted by Crippen LogP contribution is 2.23. The Labute approximate surface area is 146 Å². The molecule has 0 saturated carbocycles. The molecule has 2 aromatic carbocycles. The molecule has 5 heteroatoms. The summed E-state index contributed by atoms with van der Waals surface area (Å²) >= 11 is 5.95. The molecule has 1 heterocycles. The van der Waals surface area contributed by atoms with E-state index in [0.29, 0.717) is 17.2 Å². The molecular weight excluding hydrogens is 324 g/mol. The van der Waals surface area contributed by atoms with E-state index >= 15 is 0 Å². The summed E-state index contributed by atoms with van der Waals surface area (Å²) < 4.78 is 5.56. The van der Waals surface area contributed by atoms with E-state index in [-0.39, 0.29) is 11.7 Å². The second-order valence-corrected chi connectivity index (χ2v) is 6.47. The Morgan fingerprint density at radius 3 is 2.50 bits per heavy atom. The first kappa shape index (κ1) is 16.6. The number of rotatable bonds is 5. The first-order valence-corrected chi connectivity index (χ1v) is 8.09. The molecule has 0 aliphatic rings. The zero-order chi connectivity index (χ0) is 17.1. The van der Waals surface area contributed by atoms with E-state index in [4.69, 9.17) is 16.0 Å². The molecular formula is C19H19ClN2O2. The van der Waals surface area contributed by atoms with Crippen LogP contribution in [-0.4, -0.2) is 24.9 Å². The van der Waals surface area contributed by atoms with Gasteiger partial charge in [0.1, 0.15) is 5.58 Å². The average Bonchev–Trinajstić information content (AvgIpc) is 2.96. The minimum atomic E-state index is -0.236. The van der Waals surface area contributed by atoms with E-state index in [1.165, 1.54) is 5.56 Å². The summed E-state index contributed by atoms with van der Waals surface area (Å²) in [5.74, 6) is 0.0520. The van der Waals surface area contributed by atoms with Crippen molar-refractivity contribution in [2.45, 2.75) is 13.1 Å². The summed E-state index contributed by atoms with van der Waals surface area (Å²) in [6, 6.07) is 15.2. The highest BCUT2D eigenvalue weighted by atomic mass is 35.5. The molecule has 0 aliphatic heterocycles. The minimum absolute atomic E-state index is 0.236. The number of hydrogen-bond donors (Lipinski definition) is 1. The normalized spacial score (nSPS) is 11.2. The number of furan rings is 1. The number of amides is 1. The van der Waals surface area contributed by atoms with Gasteiger partial charge < -0.3 is 14.6 Å². The molecule has 3 aromatic rings. The maximum atomic E-state index is 12.2. The summed E-state index contributed by atoms with van der Waals surface area (Å²) in [7, 11) is 4.07. The molecule has 0 atom stereocenters. The molecule has 1 aromatic heterocycles. The van der Waals surface area contributed by atoms with E-state index in [1.54, 1.807) is 24.3 Å². The molecule has 4 nitrogen and oxygen atoms in total. The molecule has 3 rings (SSSR count). The first-order chi connectivity index (χ1) is 11.5. The van der Waals surface area contributed by atoms with Gasteiger partial charge in [-0.3, -0.25) is 4.79 Å². The second-order valence-electron chi connectivity index (χ2n) is 6.03. The van der Waals surface area contributed by atoms with Crippen LogP contribution in [0.2, 0.25) is 5.02 Å². The van der Waals surface area contributed by atoms with E-state index in [9.17, 15) is 4.79 Å². The second kappa shape index (κ2) is 7.07. The lowest BCUT2D eigenvalue weighted by atomic mass is 10.1. The van der Waals surface area contributed by atoms with Gasteiger partial charge in [-0.2, -0.15) is 0 Å². The van der Waals surface area contributed by atoms with Crippen molar-refractivity contribution in [2.24, 2.45) is 0 Å². The predicted molar refractivity (Wildman–Crippen MR) is 96.2 cm³/mol. The number of hydrogen-bond acceptors (Lipinski definition) is 3. The Morgan fingerprint density at radius 2 is 1.79 bits per heavy atom. The van der Waals surface area contributed by atoms with Gasteiger partial charge in [-0.25, -0.2) is 0 Å². The fourth-order valence-corrected chi connectivity index (χ4v) is 2.70. The summed E-state index contributed by atoms with van der Waals surface area (Å²) in [4.78, 5) is 14.4. The number of halogens is 1. The maximum absolute atomic E-state index is 12.2. The van der Waals surface area contributed by atoms with Gasteiger partial charge in [0.25, 0.3) is 5.91 Å². The Bertz CT molecular complexity index is 853. The smallest absolute Gasteiger partial charge is 0.287 e. The average molecular weight is 343 g/mol. The molecule has 0 radical (unpaired) electrons. The van der Waals surface area contributed by atoms with Crippen molar-refractivity contribution in [1.29, 1.82) is 0 Å². The molecule has 1 N–H and O–H groups in total. The van der Waals surface area contributed by atoms with Crippen LogP contribution >= 0.6 is 11.6 Å². The van der Waals surface area contributed by atoms with Gasteiger partial charge in [0.2, 0.25) is 0 Å². The lowest BCUT2D eigenvalue weighted by molar-refractivity contribution is 0.0925. The number of carbonyl (C=O) groups is 1. The van der Waals surface area contributed by atoms with Gasteiger partial charge in [-0.05, 0) is 49.5 Å². The van der Waals surface area contributed by atoms with Crippen LogP contribution in [0, 0.1) is 0 Å². The monoisotopic (exact) mass is 342 g/mol. The fraction of sp³-hybridized carbons (Fsp3) is 0.211. The SMILES string of the molecule is CN(C)Cc1ccc(CNC(=O)c2cc3cc(Cl)ccc3o2)cc1. The topological polar surface area (TPSA) is 45.5 Å². The maximum Gasteiger partial charge on any atom is 0.287 e. The van der Waals surface area contributed by atoms with E-state index in [2.05, 4.69) is 22.3 Å². The Morgan fingerprint density at radius 1 is 1.08 bits per heavy atom. The highest BCUT2D eigenvalue weighted by molar-refractivity contribution is 6.31. The van der Waals surface area contributed by atoms with Crippen molar-refractivity contribution < 1.29 is 9.21 Å². The molecule has 124 valence electrons. The zero-order valence-corrected chi connectivity index (χ0v) is 14.4. The Kier molecular flexibility index (Phi) is 4.88. The van der Waals surface area contributed by atoms with Crippen LogP contribution in [-0.2, 0) is 13.1 Å². The number of fused-ring (bicyclic) bond motifs is 1. The number of nitrogens with one attached hydrogen (secondary N) is 1. The third-order valence-corrected chi connectivity index (χ3v) is 3.91. The van der Waals surface area contributed by atoms with Crippen molar-refractivity contribution in [2.75, 3.05) is 14.1 Å². The van der Waals surface area contributed by atoms with Crippen LogP contribution < -0.4 is 5.32 Å². The van der Waals surface area contributed by atoms with E-state index in [1.807, 2.05) is 26.2 Å². The standard InChI is InChI=1S/C19H19ClN2O2/c1-22(2)12-14-5-3-13(4-6-14)11-21-19(23)18-10-15-9-16(20)7-8-17(15)24-18/h3-10H,11-12H2,1-2H3,(H,21,23). The molecule has 0 spiro atoms. The third kappa shape index (κ3) is 3.96. The van der Waals surface area contributed by atoms with Gasteiger partial charge in [-0.1, -0.05) is 35.9 Å². The van der Waals surface area contributed by atoms with Crippen molar-refractivity contribution >= 4 is 28.5 Å². The van der Waals surface area contributed by atoms with Crippen molar-refractivity contribution in [3.05, 3.63) is 70.4 Å². The lowest BCUT2D eigenvalue weighted by Crippen LogP contribution is -2.22. The summed E-state index contributed by atoms with van der Waals surface area (Å²) in [6.45, 7) is 1.35. The van der Waals surface area contributed by atoms with Crippen molar-refractivity contribution in [3.8, 4) is 0 Å². The van der Waals surface area contributed by atoms with Crippen LogP contribution in [0.1, 0.15) is 21.7 Å². The summed E-state index contributed by atoms with van der Waals surface area (Å²) in [6.07, 6.45) is 0. The molecule has 0 aliphatic carbocycles. The molecule has 1 amide bonds.